The molecular weight excluding hydrogens is 490 g/mol. The first-order valence-electron chi connectivity index (χ1n) is 11.9. The van der Waals surface area contributed by atoms with Crippen molar-refractivity contribution >= 4 is 6.09 Å². The van der Waals surface area contributed by atoms with E-state index in [2.05, 4.69) is 15.4 Å². The molecule has 0 aliphatic carbocycles. The van der Waals surface area contributed by atoms with Crippen LogP contribution in [0, 0.1) is 28.8 Å². The lowest BCUT2D eigenvalue weighted by Gasteiger charge is -2.32. The van der Waals surface area contributed by atoms with Crippen LogP contribution in [0.3, 0.4) is 0 Å². The van der Waals surface area contributed by atoms with Gasteiger partial charge < -0.3 is 15.3 Å². The fraction of sp³-hybridized carbons (Fsp3) is 0.423. The Hall–Kier alpha value is -3.47. The van der Waals surface area contributed by atoms with Crippen LogP contribution < -0.4 is 5.32 Å². The molecular formula is C26H29F4N5O2. The summed E-state index contributed by atoms with van der Waals surface area (Å²) in [5.41, 5.74) is -0.0353. The average molecular weight is 520 g/mol. The summed E-state index contributed by atoms with van der Waals surface area (Å²) < 4.78 is 58.5. The maximum absolute atomic E-state index is 14.6. The van der Waals surface area contributed by atoms with Gasteiger partial charge in [0.1, 0.15) is 29.4 Å². The fourth-order valence-corrected chi connectivity index (χ4v) is 4.51. The van der Waals surface area contributed by atoms with Gasteiger partial charge in [-0.25, -0.2) is 32.0 Å². The topological polar surface area (TPSA) is 83.3 Å². The fourth-order valence-electron chi connectivity index (χ4n) is 4.51. The molecule has 1 amide bonds. The summed E-state index contributed by atoms with van der Waals surface area (Å²) in [6, 6.07) is 8.39. The van der Waals surface area contributed by atoms with Gasteiger partial charge in [0.15, 0.2) is 5.82 Å². The molecule has 3 unspecified atom stereocenters. The van der Waals surface area contributed by atoms with Gasteiger partial charge in [-0.2, -0.15) is 5.10 Å². The Morgan fingerprint density at radius 1 is 1.14 bits per heavy atom. The van der Waals surface area contributed by atoms with Crippen molar-refractivity contribution in [1.29, 1.82) is 0 Å². The van der Waals surface area contributed by atoms with Crippen LogP contribution in [0.5, 0.6) is 0 Å². The first kappa shape index (κ1) is 26.6. The zero-order valence-electron chi connectivity index (χ0n) is 20.8. The third-order valence-corrected chi connectivity index (χ3v) is 6.43. The number of hydrogen-bond acceptors (Lipinski definition) is 4. The van der Waals surface area contributed by atoms with E-state index in [1.165, 1.54) is 16.8 Å². The minimum Gasteiger partial charge on any atom is -0.465 e. The van der Waals surface area contributed by atoms with Crippen molar-refractivity contribution in [1.82, 2.24) is 25.0 Å². The minimum atomic E-state index is -1.33. The maximum atomic E-state index is 14.6. The van der Waals surface area contributed by atoms with Gasteiger partial charge in [0.05, 0.1) is 24.7 Å². The van der Waals surface area contributed by atoms with E-state index in [-0.39, 0.29) is 37.6 Å². The minimum absolute atomic E-state index is 0.0410. The second-order valence-corrected chi connectivity index (χ2v) is 10.4. The SMILES string of the molecule is CC(C)(C)C(NCC1CN(C(=O)O)CC1F)c1nc(-c2cc(F)ccc2F)nn1Cc1cccc(F)c1. The number of likely N-dealkylation sites (tertiary alicyclic amines) is 1. The smallest absolute Gasteiger partial charge is 0.407 e. The molecule has 11 heteroatoms. The molecule has 1 saturated heterocycles. The normalized spacial score (nSPS) is 18.8. The highest BCUT2D eigenvalue weighted by atomic mass is 19.1. The molecule has 0 radical (unpaired) electrons. The van der Waals surface area contributed by atoms with Crippen LogP contribution in [-0.4, -0.2) is 56.7 Å². The number of amides is 1. The van der Waals surface area contributed by atoms with Gasteiger partial charge in [0, 0.05) is 19.0 Å². The van der Waals surface area contributed by atoms with Gasteiger partial charge in [0.25, 0.3) is 0 Å². The summed E-state index contributed by atoms with van der Waals surface area (Å²) in [6.45, 7) is 5.91. The van der Waals surface area contributed by atoms with Gasteiger partial charge in [-0.15, -0.1) is 0 Å². The van der Waals surface area contributed by atoms with E-state index < -0.39 is 47.1 Å². The van der Waals surface area contributed by atoms with Crippen LogP contribution in [0.2, 0.25) is 0 Å². The third-order valence-electron chi connectivity index (χ3n) is 6.43. The lowest BCUT2D eigenvalue weighted by Crippen LogP contribution is -2.39. The molecule has 2 heterocycles. The van der Waals surface area contributed by atoms with E-state index >= 15 is 0 Å². The Morgan fingerprint density at radius 3 is 2.51 bits per heavy atom. The van der Waals surface area contributed by atoms with Crippen LogP contribution in [-0.2, 0) is 6.54 Å². The van der Waals surface area contributed by atoms with Crippen LogP contribution in [0.25, 0.3) is 11.4 Å². The summed E-state index contributed by atoms with van der Waals surface area (Å²) in [4.78, 5) is 16.9. The zero-order chi connectivity index (χ0) is 26.9. The Kier molecular flexibility index (Phi) is 7.54. The summed E-state index contributed by atoms with van der Waals surface area (Å²) in [6.07, 6.45) is -2.50. The molecule has 3 atom stereocenters. The number of alkyl halides is 1. The number of carbonyl (C=O) groups is 1. The van der Waals surface area contributed by atoms with Crippen molar-refractivity contribution in [3.63, 3.8) is 0 Å². The summed E-state index contributed by atoms with van der Waals surface area (Å²) in [7, 11) is 0. The molecule has 1 aliphatic heterocycles. The lowest BCUT2D eigenvalue weighted by atomic mass is 9.85. The molecule has 1 aliphatic rings. The van der Waals surface area contributed by atoms with Crippen molar-refractivity contribution in [3.8, 4) is 11.4 Å². The third kappa shape index (κ3) is 6.10. The molecule has 0 spiro atoms. The molecule has 3 aromatic rings. The highest BCUT2D eigenvalue weighted by Crippen LogP contribution is 2.34. The van der Waals surface area contributed by atoms with Crippen molar-refractivity contribution < 1.29 is 27.5 Å². The first-order chi connectivity index (χ1) is 17.4. The molecule has 4 rings (SSSR count). The highest BCUT2D eigenvalue weighted by Gasteiger charge is 2.38. The second kappa shape index (κ2) is 10.5. The van der Waals surface area contributed by atoms with E-state index in [9.17, 15) is 27.5 Å². The zero-order valence-corrected chi connectivity index (χ0v) is 20.8. The van der Waals surface area contributed by atoms with Gasteiger partial charge in [0.2, 0.25) is 0 Å². The van der Waals surface area contributed by atoms with Crippen molar-refractivity contribution in [3.05, 3.63) is 71.3 Å². The lowest BCUT2D eigenvalue weighted by molar-refractivity contribution is 0.152. The summed E-state index contributed by atoms with van der Waals surface area (Å²) in [5.74, 6) is -2.01. The second-order valence-electron chi connectivity index (χ2n) is 10.4. The standard InChI is InChI=1S/C26H29F4N5O2/c1-26(2,3)22(31-11-16-13-34(25(36)37)14-21(16)30)24-32-23(19-10-18(28)7-8-20(19)29)33-35(24)12-15-5-4-6-17(27)9-15/h4-10,16,21-22,31H,11-14H2,1-3H3,(H,36,37). The molecule has 1 fully saturated rings. The Balaban J connectivity index is 1.71. The Bertz CT molecular complexity index is 1280. The van der Waals surface area contributed by atoms with E-state index in [1.54, 1.807) is 12.1 Å². The predicted molar refractivity (Wildman–Crippen MR) is 129 cm³/mol. The van der Waals surface area contributed by atoms with E-state index in [1.807, 2.05) is 20.8 Å². The Morgan fingerprint density at radius 2 is 1.86 bits per heavy atom. The van der Waals surface area contributed by atoms with Gasteiger partial charge in [-0.05, 0) is 41.3 Å². The first-order valence-corrected chi connectivity index (χ1v) is 11.9. The molecule has 1 aromatic heterocycles. The average Bonchev–Trinajstić information content (AvgIpc) is 3.38. The highest BCUT2D eigenvalue weighted by molar-refractivity contribution is 5.65. The maximum Gasteiger partial charge on any atom is 0.407 e. The van der Waals surface area contributed by atoms with Crippen molar-refractivity contribution in [2.24, 2.45) is 11.3 Å². The number of aromatic nitrogens is 3. The van der Waals surface area contributed by atoms with Gasteiger partial charge >= 0.3 is 6.09 Å². The van der Waals surface area contributed by atoms with E-state index in [0.29, 0.717) is 11.4 Å². The molecule has 198 valence electrons. The van der Waals surface area contributed by atoms with Gasteiger partial charge in [-0.3, -0.25) is 0 Å². The number of nitrogens with one attached hydrogen (secondary N) is 1. The molecule has 2 aromatic carbocycles. The molecule has 0 saturated carbocycles. The van der Waals surface area contributed by atoms with Crippen LogP contribution in [0.15, 0.2) is 42.5 Å². The predicted octanol–water partition coefficient (Wildman–Crippen LogP) is 5.04. The molecule has 0 bridgehead atoms. The number of carboxylic acid groups (broad SMARTS) is 1. The largest absolute Gasteiger partial charge is 0.465 e. The molecule has 2 N–H and O–H groups in total. The van der Waals surface area contributed by atoms with Crippen molar-refractivity contribution in [2.75, 3.05) is 19.6 Å². The Labute approximate surface area is 212 Å². The number of hydrogen-bond donors (Lipinski definition) is 2. The van der Waals surface area contributed by atoms with Crippen LogP contribution in [0.4, 0.5) is 22.4 Å². The number of halogens is 4. The van der Waals surface area contributed by atoms with Crippen LogP contribution >= 0.6 is 0 Å². The summed E-state index contributed by atoms with van der Waals surface area (Å²) in [5, 5.41) is 17.0. The van der Waals surface area contributed by atoms with E-state index in [4.69, 9.17) is 0 Å². The number of benzene rings is 2. The molecule has 7 nitrogen and oxygen atoms in total. The number of rotatable bonds is 7. The number of nitrogens with zero attached hydrogens (tertiary/aromatic N) is 4. The van der Waals surface area contributed by atoms with Crippen LogP contribution in [0.1, 0.15) is 38.2 Å². The van der Waals surface area contributed by atoms with Crippen molar-refractivity contribution in [2.45, 2.75) is 39.5 Å². The van der Waals surface area contributed by atoms with E-state index in [0.717, 1.165) is 23.1 Å². The summed E-state index contributed by atoms with van der Waals surface area (Å²) >= 11 is 0. The monoisotopic (exact) mass is 519 g/mol. The van der Waals surface area contributed by atoms with Gasteiger partial charge in [-0.1, -0.05) is 32.9 Å². The quantitative estimate of drug-likeness (QED) is 0.428. The molecule has 37 heavy (non-hydrogen) atoms.